The molecule has 1 saturated carbocycles. The molecule has 1 aliphatic carbocycles. The third kappa shape index (κ3) is 3.10. The van der Waals surface area contributed by atoms with Crippen LogP contribution in [0.25, 0.3) is 0 Å². The van der Waals surface area contributed by atoms with E-state index in [1.54, 1.807) is 0 Å². The molecule has 1 heterocycles. The van der Waals surface area contributed by atoms with Crippen LogP contribution in [0.1, 0.15) is 30.5 Å². The lowest BCUT2D eigenvalue weighted by Crippen LogP contribution is -2.25. The molecule has 20 heavy (non-hydrogen) atoms. The molecule has 0 aliphatic heterocycles. The van der Waals surface area contributed by atoms with Crippen LogP contribution in [-0.4, -0.2) is 11.1 Å². The quantitative estimate of drug-likeness (QED) is 0.892. The SMILES string of the molecule is Cc1cc(NCc2ccccc2OC2CCC2)ccn1. The minimum absolute atomic E-state index is 0.416. The van der Waals surface area contributed by atoms with Gasteiger partial charge in [0.25, 0.3) is 0 Å². The second-order valence-electron chi connectivity index (χ2n) is 5.32. The highest BCUT2D eigenvalue weighted by atomic mass is 16.5. The van der Waals surface area contributed by atoms with E-state index in [0.717, 1.165) is 23.7 Å². The number of benzene rings is 1. The Hall–Kier alpha value is -2.03. The van der Waals surface area contributed by atoms with Crippen LogP contribution < -0.4 is 10.1 Å². The van der Waals surface area contributed by atoms with Crippen molar-refractivity contribution in [1.29, 1.82) is 0 Å². The third-order valence-electron chi connectivity index (χ3n) is 3.70. The van der Waals surface area contributed by atoms with Crippen LogP contribution in [0.4, 0.5) is 5.69 Å². The largest absolute Gasteiger partial charge is 0.490 e. The smallest absolute Gasteiger partial charge is 0.124 e. The van der Waals surface area contributed by atoms with Gasteiger partial charge in [0, 0.05) is 29.7 Å². The van der Waals surface area contributed by atoms with Crippen molar-refractivity contribution in [3.63, 3.8) is 0 Å². The Kier molecular flexibility index (Phi) is 3.86. The molecule has 2 aromatic rings. The fourth-order valence-electron chi connectivity index (χ4n) is 2.29. The summed E-state index contributed by atoms with van der Waals surface area (Å²) in [6, 6.07) is 12.3. The van der Waals surface area contributed by atoms with E-state index in [4.69, 9.17) is 4.74 Å². The Morgan fingerprint density at radius 3 is 2.85 bits per heavy atom. The number of rotatable bonds is 5. The summed E-state index contributed by atoms with van der Waals surface area (Å²) in [4.78, 5) is 4.21. The van der Waals surface area contributed by atoms with E-state index in [0.29, 0.717) is 6.10 Å². The summed E-state index contributed by atoms with van der Waals surface area (Å²) in [5.41, 5.74) is 3.32. The molecule has 1 fully saturated rings. The Bertz CT molecular complexity index is 579. The summed E-state index contributed by atoms with van der Waals surface area (Å²) in [5.74, 6) is 1.01. The zero-order chi connectivity index (χ0) is 13.8. The number of hydrogen-bond acceptors (Lipinski definition) is 3. The van der Waals surface area contributed by atoms with E-state index in [1.807, 2.05) is 25.3 Å². The fourth-order valence-corrected chi connectivity index (χ4v) is 2.29. The molecule has 1 aromatic carbocycles. The van der Waals surface area contributed by atoms with Gasteiger partial charge in [-0.25, -0.2) is 0 Å². The Morgan fingerprint density at radius 2 is 2.10 bits per heavy atom. The molecule has 0 amide bonds. The van der Waals surface area contributed by atoms with E-state index in [2.05, 4.69) is 34.6 Å². The van der Waals surface area contributed by atoms with Crippen molar-refractivity contribution in [2.45, 2.75) is 38.8 Å². The molecule has 1 aliphatic rings. The molecule has 0 radical (unpaired) electrons. The summed E-state index contributed by atoms with van der Waals surface area (Å²) in [5, 5.41) is 3.43. The van der Waals surface area contributed by atoms with Gasteiger partial charge >= 0.3 is 0 Å². The number of aryl methyl sites for hydroxylation is 1. The highest BCUT2D eigenvalue weighted by Crippen LogP contribution is 2.28. The Labute approximate surface area is 120 Å². The summed E-state index contributed by atoms with van der Waals surface area (Å²) >= 11 is 0. The van der Waals surface area contributed by atoms with Crippen LogP contribution in [0.3, 0.4) is 0 Å². The Balaban J connectivity index is 1.67. The number of aromatic nitrogens is 1. The summed E-state index contributed by atoms with van der Waals surface area (Å²) in [6.45, 7) is 2.77. The summed E-state index contributed by atoms with van der Waals surface area (Å²) in [6.07, 6.45) is 5.91. The predicted octanol–water partition coefficient (Wildman–Crippen LogP) is 3.93. The number of anilines is 1. The number of ether oxygens (including phenoxy) is 1. The third-order valence-corrected chi connectivity index (χ3v) is 3.70. The maximum Gasteiger partial charge on any atom is 0.124 e. The number of pyridine rings is 1. The maximum atomic E-state index is 6.04. The molecular formula is C17H20N2O. The molecule has 0 unspecified atom stereocenters. The van der Waals surface area contributed by atoms with Crippen molar-refractivity contribution in [1.82, 2.24) is 4.98 Å². The minimum Gasteiger partial charge on any atom is -0.490 e. The van der Waals surface area contributed by atoms with E-state index < -0.39 is 0 Å². The molecular weight excluding hydrogens is 248 g/mol. The van der Waals surface area contributed by atoms with Crippen molar-refractivity contribution in [3.8, 4) is 5.75 Å². The first-order valence-electron chi connectivity index (χ1n) is 7.22. The van der Waals surface area contributed by atoms with Gasteiger partial charge in [-0.05, 0) is 44.4 Å². The van der Waals surface area contributed by atoms with Gasteiger partial charge in [-0.15, -0.1) is 0 Å². The van der Waals surface area contributed by atoms with Crippen LogP contribution in [0.2, 0.25) is 0 Å². The van der Waals surface area contributed by atoms with Gasteiger partial charge < -0.3 is 10.1 Å². The molecule has 3 rings (SSSR count). The van der Waals surface area contributed by atoms with Crippen molar-refractivity contribution in [2.24, 2.45) is 0 Å². The lowest BCUT2D eigenvalue weighted by atomic mass is 9.96. The topological polar surface area (TPSA) is 34.1 Å². The van der Waals surface area contributed by atoms with E-state index >= 15 is 0 Å². The average molecular weight is 268 g/mol. The minimum atomic E-state index is 0.416. The molecule has 1 N–H and O–H groups in total. The lowest BCUT2D eigenvalue weighted by molar-refractivity contribution is 0.119. The molecule has 104 valence electrons. The van der Waals surface area contributed by atoms with Crippen molar-refractivity contribution in [3.05, 3.63) is 53.9 Å². The fraction of sp³-hybridized carbons (Fsp3) is 0.353. The highest BCUT2D eigenvalue weighted by Gasteiger charge is 2.19. The molecule has 0 atom stereocenters. The first-order valence-corrected chi connectivity index (χ1v) is 7.22. The van der Waals surface area contributed by atoms with Crippen LogP contribution in [0, 0.1) is 6.92 Å². The lowest BCUT2D eigenvalue weighted by Gasteiger charge is -2.27. The standard InChI is InChI=1S/C17H20N2O/c1-13-11-15(9-10-18-13)19-12-14-5-2-3-8-17(14)20-16-6-4-7-16/h2-3,5,8-11,16H,4,6-7,12H2,1H3,(H,18,19). The second kappa shape index (κ2) is 5.95. The van der Waals surface area contributed by atoms with Gasteiger partial charge in [-0.2, -0.15) is 0 Å². The van der Waals surface area contributed by atoms with E-state index in [1.165, 1.54) is 24.8 Å². The number of nitrogens with zero attached hydrogens (tertiary/aromatic N) is 1. The van der Waals surface area contributed by atoms with Crippen LogP contribution in [0.5, 0.6) is 5.75 Å². The number of para-hydroxylation sites is 1. The summed E-state index contributed by atoms with van der Waals surface area (Å²) in [7, 11) is 0. The van der Waals surface area contributed by atoms with Crippen LogP contribution in [0.15, 0.2) is 42.6 Å². The van der Waals surface area contributed by atoms with Gasteiger partial charge in [-0.1, -0.05) is 18.2 Å². The molecule has 3 heteroatoms. The molecule has 1 aromatic heterocycles. The first-order chi connectivity index (χ1) is 9.81. The predicted molar refractivity (Wildman–Crippen MR) is 81.0 cm³/mol. The van der Waals surface area contributed by atoms with Crippen LogP contribution >= 0.6 is 0 Å². The van der Waals surface area contributed by atoms with Gasteiger partial charge in [0.1, 0.15) is 5.75 Å². The summed E-state index contributed by atoms with van der Waals surface area (Å²) < 4.78 is 6.04. The molecule has 0 saturated heterocycles. The van der Waals surface area contributed by atoms with Gasteiger partial charge in [0.15, 0.2) is 0 Å². The Morgan fingerprint density at radius 1 is 1.25 bits per heavy atom. The van der Waals surface area contributed by atoms with Gasteiger partial charge in [0.2, 0.25) is 0 Å². The van der Waals surface area contributed by atoms with Crippen molar-refractivity contribution >= 4 is 5.69 Å². The van der Waals surface area contributed by atoms with E-state index in [-0.39, 0.29) is 0 Å². The maximum absolute atomic E-state index is 6.04. The second-order valence-corrected chi connectivity index (χ2v) is 5.32. The molecule has 3 nitrogen and oxygen atoms in total. The molecule has 0 spiro atoms. The normalized spacial score (nSPS) is 14.7. The van der Waals surface area contributed by atoms with Crippen molar-refractivity contribution in [2.75, 3.05) is 5.32 Å². The molecule has 0 bridgehead atoms. The number of hydrogen-bond donors (Lipinski definition) is 1. The average Bonchev–Trinajstić information content (AvgIpc) is 2.42. The zero-order valence-electron chi connectivity index (χ0n) is 11.8. The number of nitrogens with one attached hydrogen (secondary N) is 1. The van der Waals surface area contributed by atoms with Gasteiger partial charge in [-0.3, -0.25) is 4.98 Å². The zero-order valence-corrected chi connectivity index (χ0v) is 11.8. The van der Waals surface area contributed by atoms with Crippen molar-refractivity contribution < 1.29 is 4.74 Å². The van der Waals surface area contributed by atoms with E-state index in [9.17, 15) is 0 Å². The monoisotopic (exact) mass is 268 g/mol. The van der Waals surface area contributed by atoms with Gasteiger partial charge in [0.05, 0.1) is 6.10 Å². The first kappa shape index (κ1) is 13.0. The van der Waals surface area contributed by atoms with Crippen LogP contribution in [-0.2, 0) is 6.54 Å². The highest BCUT2D eigenvalue weighted by molar-refractivity contribution is 5.45.